The number of nitrogens with one attached hydrogen (secondary N) is 1. The van der Waals surface area contributed by atoms with Gasteiger partial charge in [-0.1, -0.05) is 11.6 Å². The van der Waals surface area contributed by atoms with Crippen LogP contribution in [0.3, 0.4) is 0 Å². The molecule has 0 aliphatic heterocycles. The SMILES string of the molecule is CSc1ccc(C(=O)Nc2ccc(Cl)cc2Br)cc1. The third-order valence-electron chi connectivity index (χ3n) is 2.53. The molecule has 0 aliphatic carbocycles. The third kappa shape index (κ3) is 3.75. The Bertz CT molecular complexity index is 601. The van der Waals surface area contributed by atoms with E-state index < -0.39 is 0 Å². The minimum atomic E-state index is -0.143. The summed E-state index contributed by atoms with van der Waals surface area (Å²) in [6.07, 6.45) is 2.00. The molecule has 0 unspecified atom stereocenters. The van der Waals surface area contributed by atoms with E-state index in [1.165, 1.54) is 0 Å². The van der Waals surface area contributed by atoms with E-state index in [9.17, 15) is 4.79 Å². The molecule has 0 spiro atoms. The first-order valence-electron chi connectivity index (χ1n) is 5.50. The molecule has 2 rings (SSSR count). The highest BCUT2D eigenvalue weighted by atomic mass is 79.9. The summed E-state index contributed by atoms with van der Waals surface area (Å²) in [6, 6.07) is 12.7. The van der Waals surface area contributed by atoms with Crippen LogP contribution in [0.2, 0.25) is 5.02 Å². The highest BCUT2D eigenvalue weighted by molar-refractivity contribution is 9.10. The maximum Gasteiger partial charge on any atom is 0.255 e. The second kappa shape index (κ2) is 6.46. The number of anilines is 1. The van der Waals surface area contributed by atoms with Crippen LogP contribution in [0.5, 0.6) is 0 Å². The van der Waals surface area contributed by atoms with Crippen molar-refractivity contribution in [1.82, 2.24) is 0 Å². The zero-order valence-corrected chi connectivity index (χ0v) is 13.3. The lowest BCUT2D eigenvalue weighted by atomic mass is 10.2. The van der Waals surface area contributed by atoms with Crippen LogP contribution in [0.25, 0.3) is 0 Å². The molecule has 0 bridgehead atoms. The lowest BCUT2D eigenvalue weighted by molar-refractivity contribution is 0.102. The lowest BCUT2D eigenvalue weighted by Gasteiger charge is -2.08. The fourth-order valence-corrected chi connectivity index (χ4v) is 2.72. The summed E-state index contributed by atoms with van der Waals surface area (Å²) in [7, 11) is 0. The summed E-state index contributed by atoms with van der Waals surface area (Å²) in [5, 5.41) is 3.46. The Balaban J connectivity index is 2.15. The molecule has 0 heterocycles. The van der Waals surface area contributed by atoms with Crippen LogP contribution in [0.15, 0.2) is 51.8 Å². The van der Waals surface area contributed by atoms with Gasteiger partial charge in [-0.05, 0) is 64.7 Å². The Morgan fingerprint density at radius 1 is 1.21 bits per heavy atom. The average molecular weight is 357 g/mol. The molecule has 0 saturated carbocycles. The fourth-order valence-electron chi connectivity index (χ4n) is 1.53. The van der Waals surface area contributed by atoms with Crippen molar-refractivity contribution >= 4 is 50.9 Å². The first kappa shape index (κ1) is 14.4. The van der Waals surface area contributed by atoms with Gasteiger partial charge in [-0.25, -0.2) is 0 Å². The molecule has 0 radical (unpaired) electrons. The molecule has 2 aromatic rings. The van der Waals surface area contributed by atoms with Crippen LogP contribution in [0.1, 0.15) is 10.4 Å². The minimum absolute atomic E-state index is 0.143. The van der Waals surface area contributed by atoms with E-state index in [0.717, 1.165) is 9.37 Å². The van der Waals surface area contributed by atoms with Gasteiger partial charge in [0, 0.05) is 20.0 Å². The smallest absolute Gasteiger partial charge is 0.255 e. The van der Waals surface area contributed by atoms with Crippen molar-refractivity contribution in [3.05, 3.63) is 57.5 Å². The fraction of sp³-hybridized carbons (Fsp3) is 0.0714. The van der Waals surface area contributed by atoms with E-state index in [-0.39, 0.29) is 5.91 Å². The molecule has 2 nitrogen and oxygen atoms in total. The molecular weight excluding hydrogens is 346 g/mol. The number of thioether (sulfide) groups is 1. The van der Waals surface area contributed by atoms with E-state index in [1.807, 2.05) is 30.5 Å². The number of rotatable bonds is 3. The zero-order chi connectivity index (χ0) is 13.8. The standard InChI is InChI=1S/C14H11BrClNOS/c1-19-11-5-2-9(3-6-11)14(18)17-13-7-4-10(16)8-12(13)15/h2-8H,1H3,(H,17,18). The van der Waals surface area contributed by atoms with Crippen LogP contribution >= 0.6 is 39.3 Å². The number of halogens is 2. The molecule has 0 atom stereocenters. The van der Waals surface area contributed by atoms with Gasteiger partial charge in [0.05, 0.1) is 5.69 Å². The quantitative estimate of drug-likeness (QED) is 0.777. The second-order valence-electron chi connectivity index (χ2n) is 3.81. The molecule has 5 heteroatoms. The van der Waals surface area contributed by atoms with Crippen molar-refractivity contribution in [2.45, 2.75) is 4.90 Å². The van der Waals surface area contributed by atoms with Crippen LogP contribution < -0.4 is 5.32 Å². The van der Waals surface area contributed by atoms with Gasteiger partial charge < -0.3 is 5.32 Å². The number of hydrogen-bond donors (Lipinski definition) is 1. The van der Waals surface area contributed by atoms with E-state index in [0.29, 0.717) is 16.3 Å². The Morgan fingerprint density at radius 2 is 1.89 bits per heavy atom. The largest absolute Gasteiger partial charge is 0.321 e. The van der Waals surface area contributed by atoms with Crippen LogP contribution in [-0.2, 0) is 0 Å². The summed E-state index contributed by atoms with van der Waals surface area (Å²) >= 11 is 10.9. The predicted octanol–water partition coefficient (Wildman–Crippen LogP) is 5.08. The third-order valence-corrected chi connectivity index (χ3v) is 4.17. The lowest BCUT2D eigenvalue weighted by Crippen LogP contribution is -2.12. The van der Waals surface area contributed by atoms with Crippen molar-refractivity contribution in [2.75, 3.05) is 11.6 Å². The maximum atomic E-state index is 12.1. The van der Waals surface area contributed by atoms with Gasteiger partial charge in [0.2, 0.25) is 0 Å². The number of carbonyl (C=O) groups excluding carboxylic acids is 1. The molecule has 1 N–H and O–H groups in total. The summed E-state index contributed by atoms with van der Waals surface area (Å²) in [5.74, 6) is -0.143. The summed E-state index contributed by atoms with van der Waals surface area (Å²) in [4.78, 5) is 13.2. The Hall–Kier alpha value is -0.970. The Morgan fingerprint density at radius 3 is 2.47 bits per heavy atom. The zero-order valence-electron chi connectivity index (χ0n) is 10.1. The van der Waals surface area contributed by atoms with Gasteiger partial charge in [0.25, 0.3) is 5.91 Å². The van der Waals surface area contributed by atoms with Crippen molar-refractivity contribution in [3.63, 3.8) is 0 Å². The normalized spacial score (nSPS) is 10.3. The molecule has 0 aromatic heterocycles. The van der Waals surface area contributed by atoms with Crippen molar-refractivity contribution < 1.29 is 4.79 Å². The van der Waals surface area contributed by atoms with Crippen LogP contribution in [-0.4, -0.2) is 12.2 Å². The molecule has 0 aliphatic rings. The highest BCUT2D eigenvalue weighted by Crippen LogP contribution is 2.26. The van der Waals surface area contributed by atoms with E-state index >= 15 is 0 Å². The number of hydrogen-bond acceptors (Lipinski definition) is 2. The molecule has 19 heavy (non-hydrogen) atoms. The highest BCUT2D eigenvalue weighted by Gasteiger charge is 2.08. The van der Waals surface area contributed by atoms with Gasteiger partial charge in [0.1, 0.15) is 0 Å². The van der Waals surface area contributed by atoms with Crippen molar-refractivity contribution in [2.24, 2.45) is 0 Å². The average Bonchev–Trinajstić information content (AvgIpc) is 2.42. The van der Waals surface area contributed by atoms with E-state index in [1.54, 1.807) is 30.0 Å². The summed E-state index contributed by atoms with van der Waals surface area (Å²) in [6.45, 7) is 0. The number of carbonyl (C=O) groups is 1. The molecular formula is C14H11BrClNOS. The van der Waals surface area contributed by atoms with E-state index in [2.05, 4.69) is 21.2 Å². The molecule has 2 aromatic carbocycles. The monoisotopic (exact) mass is 355 g/mol. The molecule has 98 valence electrons. The van der Waals surface area contributed by atoms with Gasteiger partial charge in [-0.2, -0.15) is 0 Å². The summed E-state index contributed by atoms with van der Waals surface area (Å²) < 4.78 is 0.758. The number of amides is 1. The van der Waals surface area contributed by atoms with Gasteiger partial charge >= 0.3 is 0 Å². The predicted molar refractivity (Wildman–Crippen MR) is 85.3 cm³/mol. The van der Waals surface area contributed by atoms with Gasteiger partial charge in [-0.3, -0.25) is 4.79 Å². The summed E-state index contributed by atoms with van der Waals surface area (Å²) in [5.41, 5.74) is 1.32. The van der Waals surface area contributed by atoms with Crippen LogP contribution in [0.4, 0.5) is 5.69 Å². The van der Waals surface area contributed by atoms with Crippen LogP contribution in [0, 0.1) is 0 Å². The Kier molecular flexibility index (Phi) is 4.91. The first-order valence-corrected chi connectivity index (χ1v) is 7.90. The van der Waals surface area contributed by atoms with Crippen molar-refractivity contribution in [1.29, 1.82) is 0 Å². The molecule has 1 amide bonds. The maximum absolute atomic E-state index is 12.1. The first-order chi connectivity index (χ1) is 9.10. The topological polar surface area (TPSA) is 29.1 Å². The molecule has 0 fully saturated rings. The van der Waals surface area contributed by atoms with Gasteiger partial charge in [-0.15, -0.1) is 11.8 Å². The minimum Gasteiger partial charge on any atom is -0.321 e. The Labute approximate surface area is 129 Å². The van der Waals surface area contributed by atoms with E-state index in [4.69, 9.17) is 11.6 Å². The molecule has 0 saturated heterocycles. The van der Waals surface area contributed by atoms with Gasteiger partial charge in [0.15, 0.2) is 0 Å². The second-order valence-corrected chi connectivity index (χ2v) is 5.98. The van der Waals surface area contributed by atoms with Crippen molar-refractivity contribution in [3.8, 4) is 0 Å². The number of benzene rings is 2.